The highest BCUT2D eigenvalue weighted by Crippen LogP contribution is 2.12. The van der Waals surface area contributed by atoms with E-state index in [1.54, 1.807) is 6.20 Å². The number of nitrogens with zero attached hydrogens (tertiary/aromatic N) is 5. The highest BCUT2D eigenvalue weighted by atomic mass is 15.4. The monoisotopic (exact) mass is 299 g/mol. The van der Waals surface area contributed by atoms with Gasteiger partial charge in [0, 0.05) is 6.54 Å². The second-order valence-corrected chi connectivity index (χ2v) is 5.44. The van der Waals surface area contributed by atoms with Gasteiger partial charge in [-0.15, -0.1) is 5.10 Å². The van der Waals surface area contributed by atoms with Crippen molar-refractivity contribution in [3.05, 3.63) is 30.1 Å². The zero-order valence-corrected chi connectivity index (χ0v) is 12.5. The van der Waals surface area contributed by atoms with Gasteiger partial charge in [-0.2, -0.15) is 9.67 Å². The van der Waals surface area contributed by atoms with Gasteiger partial charge in [0.05, 0.1) is 17.6 Å². The summed E-state index contributed by atoms with van der Waals surface area (Å²) in [6.07, 6.45) is 9.89. The SMILES string of the molecule is Nc1nc(N)n(-c2ccc(/C=C/CN3CCCCC3)nc2)n1. The fourth-order valence-corrected chi connectivity index (χ4v) is 2.62. The van der Waals surface area contributed by atoms with Crippen LogP contribution in [0.4, 0.5) is 11.9 Å². The Morgan fingerprint density at radius 3 is 2.59 bits per heavy atom. The summed E-state index contributed by atoms with van der Waals surface area (Å²) >= 11 is 0. The maximum absolute atomic E-state index is 5.74. The van der Waals surface area contributed by atoms with Crippen LogP contribution in [0.5, 0.6) is 0 Å². The Kier molecular flexibility index (Phi) is 4.34. The van der Waals surface area contributed by atoms with Gasteiger partial charge in [0.2, 0.25) is 11.9 Å². The molecule has 1 aliphatic rings. The van der Waals surface area contributed by atoms with Crippen molar-refractivity contribution >= 4 is 18.0 Å². The van der Waals surface area contributed by atoms with Crippen LogP contribution in [-0.4, -0.2) is 44.3 Å². The van der Waals surface area contributed by atoms with Crippen molar-refractivity contribution in [1.29, 1.82) is 0 Å². The fraction of sp³-hybridized carbons (Fsp3) is 0.400. The van der Waals surface area contributed by atoms with Crippen LogP contribution in [-0.2, 0) is 0 Å². The molecule has 0 aliphatic carbocycles. The Bertz CT molecular complexity index is 638. The number of rotatable bonds is 4. The highest BCUT2D eigenvalue weighted by Gasteiger charge is 2.08. The summed E-state index contributed by atoms with van der Waals surface area (Å²) in [5.41, 5.74) is 12.9. The Morgan fingerprint density at radius 1 is 1.14 bits per heavy atom. The van der Waals surface area contributed by atoms with Crippen LogP contribution in [0, 0.1) is 0 Å². The number of nitrogen functional groups attached to an aromatic ring is 2. The second kappa shape index (κ2) is 6.57. The third-order valence-corrected chi connectivity index (χ3v) is 3.76. The van der Waals surface area contributed by atoms with Crippen molar-refractivity contribution in [2.24, 2.45) is 0 Å². The summed E-state index contributed by atoms with van der Waals surface area (Å²) in [6.45, 7) is 3.38. The molecule has 1 aliphatic heterocycles. The molecule has 0 spiro atoms. The first-order chi connectivity index (χ1) is 10.7. The number of piperidine rings is 1. The second-order valence-electron chi connectivity index (χ2n) is 5.44. The molecule has 0 amide bonds. The van der Waals surface area contributed by atoms with E-state index in [1.165, 1.54) is 37.0 Å². The molecule has 0 unspecified atom stereocenters. The average molecular weight is 299 g/mol. The zero-order chi connectivity index (χ0) is 15.4. The Balaban J connectivity index is 1.62. The smallest absolute Gasteiger partial charge is 0.241 e. The van der Waals surface area contributed by atoms with E-state index in [4.69, 9.17) is 11.5 Å². The molecule has 3 rings (SSSR count). The van der Waals surface area contributed by atoms with Gasteiger partial charge in [0.25, 0.3) is 0 Å². The molecule has 3 heterocycles. The van der Waals surface area contributed by atoms with E-state index in [2.05, 4.69) is 26.0 Å². The van der Waals surface area contributed by atoms with E-state index in [1.807, 2.05) is 18.2 Å². The van der Waals surface area contributed by atoms with Crippen molar-refractivity contribution < 1.29 is 0 Å². The van der Waals surface area contributed by atoms with E-state index in [9.17, 15) is 0 Å². The molecule has 0 radical (unpaired) electrons. The molecule has 1 saturated heterocycles. The highest BCUT2D eigenvalue weighted by molar-refractivity contribution is 5.47. The van der Waals surface area contributed by atoms with Crippen molar-refractivity contribution in [3.8, 4) is 5.69 Å². The number of anilines is 2. The zero-order valence-electron chi connectivity index (χ0n) is 12.5. The van der Waals surface area contributed by atoms with Gasteiger partial charge in [0.15, 0.2) is 0 Å². The molecule has 7 nitrogen and oxygen atoms in total. The van der Waals surface area contributed by atoms with Crippen LogP contribution in [0.3, 0.4) is 0 Å². The van der Waals surface area contributed by atoms with Gasteiger partial charge >= 0.3 is 0 Å². The molecule has 116 valence electrons. The standard InChI is InChI=1S/C15H21N7/c16-14-19-15(17)22(20-14)13-7-6-12(18-11-13)5-4-10-21-8-2-1-3-9-21/h4-7,11H,1-3,8-10H2,(H4,16,17,19,20)/b5-4+. The van der Waals surface area contributed by atoms with Gasteiger partial charge in [0.1, 0.15) is 0 Å². The van der Waals surface area contributed by atoms with Crippen LogP contribution in [0.1, 0.15) is 25.0 Å². The number of hydrogen-bond acceptors (Lipinski definition) is 6. The van der Waals surface area contributed by atoms with E-state index in [0.717, 1.165) is 17.9 Å². The van der Waals surface area contributed by atoms with Crippen LogP contribution < -0.4 is 11.5 Å². The average Bonchev–Trinajstić information content (AvgIpc) is 2.88. The molecule has 2 aromatic rings. The van der Waals surface area contributed by atoms with Crippen LogP contribution in [0.15, 0.2) is 24.4 Å². The number of aromatic nitrogens is 4. The first kappa shape index (κ1) is 14.5. The van der Waals surface area contributed by atoms with Gasteiger partial charge < -0.3 is 11.5 Å². The summed E-state index contributed by atoms with van der Waals surface area (Å²) in [5.74, 6) is 0.413. The molecule has 0 aromatic carbocycles. The topological polar surface area (TPSA) is 98.9 Å². The largest absolute Gasteiger partial charge is 0.368 e. The van der Waals surface area contributed by atoms with Gasteiger partial charge in [-0.25, -0.2) is 0 Å². The van der Waals surface area contributed by atoms with E-state index in [-0.39, 0.29) is 11.9 Å². The molecule has 0 saturated carbocycles. The van der Waals surface area contributed by atoms with E-state index in [0.29, 0.717) is 0 Å². The predicted molar refractivity (Wildman–Crippen MR) is 87.3 cm³/mol. The Morgan fingerprint density at radius 2 is 1.95 bits per heavy atom. The number of likely N-dealkylation sites (tertiary alicyclic amines) is 1. The summed E-state index contributed by atoms with van der Waals surface area (Å²) in [6, 6.07) is 3.83. The Labute approximate surface area is 129 Å². The number of hydrogen-bond donors (Lipinski definition) is 2. The molecule has 22 heavy (non-hydrogen) atoms. The van der Waals surface area contributed by atoms with Crippen molar-refractivity contribution in [2.45, 2.75) is 19.3 Å². The van der Waals surface area contributed by atoms with Crippen LogP contribution in [0.25, 0.3) is 11.8 Å². The number of pyridine rings is 1. The number of nitrogens with two attached hydrogens (primary N) is 2. The quantitative estimate of drug-likeness (QED) is 0.883. The summed E-state index contributed by atoms with van der Waals surface area (Å²) in [7, 11) is 0. The summed E-state index contributed by atoms with van der Waals surface area (Å²) in [4.78, 5) is 10.7. The Hall–Kier alpha value is -2.41. The lowest BCUT2D eigenvalue weighted by Gasteiger charge is -2.24. The maximum Gasteiger partial charge on any atom is 0.241 e. The summed E-state index contributed by atoms with van der Waals surface area (Å²) in [5, 5.41) is 4.03. The third-order valence-electron chi connectivity index (χ3n) is 3.76. The van der Waals surface area contributed by atoms with Crippen LogP contribution >= 0.6 is 0 Å². The maximum atomic E-state index is 5.74. The molecule has 7 heteroatoms. The molecule has 0 atom stereocenters. The van der Waals surface area contributed by atoms with Crippen LogP contribution in [0.2, 0.25) is 0 Å². The lowest BCUT2D eigenvalue weighted by molar-refractivity contribution is 0.252. The van der Waals surface area contributed by atoms with E-state index >= 15 is 0 Å². The molecule has 1 fully saturated rings. The van der Waals surface area contributed by atoms with Crippen molar-refractivity contribution in [1.82, 2.24) is 24.6 Å². The molecule has 2 aromatic heterocycles. The van der Waals surface area contributed by atoms with E-state index < -0.39 is 0 Å². The minimum atomic E-state index is 0.156. The third kappa shape index (κ3) is 3.43. The van der Waals surface area contributed by atoms with Gasteiger partial charge in [-0.1, -0.05) is 12.5 Å². The lowest BCUT2D eigenvalue weighted by Crippen LogP contribution is -2.29. The molecule has 0 bridgehead atoms. The fourth-order valence-electron chi connectivity index (χ4n) is 2.62. The molecule has 4 N–H and O–H groups in total. The molecular formula is C15H21N7. The first-order valence-electron chi connectivity index (χ1n) is 7.56. The van der Waals surface area contributed by atoms with Crippen molar-refractivity contribution in [2.75, 3.05) is 31.1 Å². The molecular weight excluding hydrogens is 278 g/mol. The predicted octanol–water partition coefficient (Wildman–Crippen LogP) is 1.33. The lowest BCUT2D eigenvalue weighted by atomic mass is 10.1. The van der Waals surface area contributed by atoms with Crippen molar-refractivity contribution in [3.63, 3.8) is 0 Å². The normalized spacial score (nSPS) is 16.4. The van der Waals surface area contributed by atoms with Gasteiger partial charge in [-0.3, -0.25) is 9.88 Å². The van der Waals surface area contributed by atoms with Gasteiger partial charge in [-0.05, 0) is 44.1 Å². The minimum absolute atomic E-state index is 0.156. The summed E-state index contributed by atoms with van der Waals surface area (Å²) < 4.78 is 1.48. The first-order valence-corrected chi connectivity index (χ1v) is 7.56. The minimum Gasteiger partial charge on any atom is -0.368 e.